The molecular formula is C9H6BrN3S2. The van der Waals surface area contributed by atoms with E-state index in [2.05, 4.69) is 27.0 Å². The molecule has 0 saturated heterocycles. The molecule has 0 aliphatic rings. The van der Waals surface area contributed by atoms with Crippen molar-refractivity contribution in [3.63, 3.8) is 0 Å². The van der Waals surface area contributed by atoms with Gasteiger partial charge in [0.25, 0.3) is 0 Å². The Bertz CT molecular complexity index is 511. The van der Waals surface area contributed by atoms with E-state index in [1.54, 1.807) is 17.5 Å². The Morgan fingerprint density at radius 1 is 1.47 bits per heavy atom. The van der Waals surface area contributed by atoms with Gasteiger partial charge in [-0.05, 0) is 28.1 Å². The van der Waals surface area contributed by atoms with Gasteiger partial charge in [-0.3, -0.25) is 0 Å². The molecule has 0 unspecified atom stereocenters. The summed E-state index contributed by atoms with van der Waals surface area (Å²) >= 11 is 6.44. The molecular weight excluding hydrogens is 294 g/mol. The molecule has 3 nitrogen and oxygen atoms in total. The van der Waals surface area contributed by atoms with Crippen LogP contribution >= 0.6 is 38.6 Å². The van der Waals surface area contributed by atoms with Gasteiger partial charge < -0.3 is 4.90 Å². The minimum absolute atomic E-state index is 0.632. The molecule has 0 N–H and O–H groups in total. The van der Waals surface area contributed by atoms with Crippen molar-refractivity contribution in [2.75, 3.05) is 11.9 Å². The molecule has 0 amide bonds. The fourth-order valence-electron chi connectivity index (χ4n) is 1.05. The lowest BCUT2D eigenvalue weighted by molar-refractivity contribution is 1.19. The molecule has 2 aromatic heterocycles. The maximum atomic E-state index is 8.70. The zero-order valence-electron chi connectivity index (χ0n) is 7.77. The van der Waals surface area contributed by atoms with Crippen molar-refractivity contribution >= 4 is 48.7 Å². The average molecular weight is 300 g/mol. The van der Waals surface area contributed by atoms with E-state index in [-0.39, 0.29) is 0 Å². The summed E-state index contributed by atoms with van der Waals surface area (Å²) in [5, 5.41) is 10.6. The van der Waals surface area contributed by atoms with Crippen LogP contribution in [0.4, 0.5) is 10.1 Å². The summed E-state index contributed by atoms with van der Waals surface area (Å²) < 4.78 is 1.08. The topological polar surface area (TPSA) is 39.9 Å². The van der Waals surface area contributed by atoms with E-state index >= 15 is 0 Å². The predicted octanol–water partition coefficient (Wildman–Crippen LogP) is 3.61. The third kappa shape index (κ3) is 2.20. The van der Waals surface area contributed by atoms with Gasteiger partial charge >= 0.3 is 0 Å². The minimum atomic E-state index is 0.632. The van der Waals surface area contributed by atoms with Gasteiger partial charge in [-0.2, -0.15) is 5.26 Å². The van der Waals surface area contributed by atoms with Crippen molar-refractivity contribution in [3.05, 3.63) is 27.0 Å². The highest BCUT2D eigenvalue weighted by Gasteiger charge is 2.10. The van der Waals surface area contributed by atoms with Crippen molar-refractivity contribution in [1.29, 1.82) is 5.26 Å². The van der Waals surface area contributed by atoms with E-state index in [0.717, 1.165) is 13.9 Å². The molecule has 76 valence electrons. The number of nitriles is 1. The Morgan fingerprint density at radius 3 is 2.80 bits per heavy atom. The Hall–Kier alpha value is -0.900. The number of thiophene rings is 1. The maximum absolute atomic E-state index is 8.70. The largest absolute Gasteiger partial charge is 0.312 e. The molecule has 0 spiro atoms. The first-order valence-electron chi connectivity index (χ1n) is 4.05. The van der Waals surface area contributed by atoms with Crippen LogP contribution in [0.5, 0.6) is 0 Å². The second-order valence-corrected chi connectivity index (χ2v) is 6.21. The highest BCUT2D eigenvalue weighted by Crippen LogP contribution is 2.34. The Kier molecular flexibility index (Phi) is 3.05. The molecule has 2 heterocycles. The van der Waals surface area contributed by atoms with Crippen LogP contribution in [0.1, 0.15) is 4.88 Å². The third-order valence-corrected chi connectivity index (χ3v) is 4.46. The third-order valence-electron chi connectivity index (χ3n) is 1.78. The summed E-state index contributed by atoms with van der Waals surface area (Å²) in [6.45, 7) is 0. The van der Waals surface area contributed by atoms with Crippen molar-refractivity contribution in [1.82, 2.24) is 4.98 Å². The lowest BCUT2D eigenvalue weighted by Gasteiger charge is -2.11. The SMILES string of the molecule is CN(c1ccc(Br)s1)c1ncc(C#N)s1. The number of hydrogen-bond acceptors (Lipinski definition) is 5. The first-order chi connectivity index (χ1) is 7.20. The second kappa shape index (κ2) is 4.31. The van der Waals surface area contributed by atoms with Gasteiger partial charge in [0, 0.05) is 7.05 Å². The highest BCUT2D eigenvalue weighted by molar-refractivity contribution is 9.11. The molecule has 0 aromatic carbocycles. The second-order valence-electron chi connectivity index (χ2n) is 2.76. The van der Waals surface area contributed by atoms with Gasteiger partial charge in [-0.15, -0.1) is 11.3 Å². The van der Waals surface area contributed by atoms with Crippen LogP contribution in [-0.4, -0.2) is 12.0 Å². The minimum Gasteiger partial charge on any atom is -0.312 e. The van der Waals surface area contributed by atoms with Crippen molar-refractivity contribution in [2.24, 2.45) is 0 Å². The maximum Gasteiger partial charge on any atom is 0.191 e. The lowest BCUT2D eigenvalue weighted by atomic mass is 10.6. The van der Waals surface area contributed by atoms with E-state index in [9.17, 15) is 0 Å². The fourth-order valence-corrected chi connectivity index (χ4v) is 3.12. The highest BCUT2D eigenvalue weighted by atomic mass is 79.9. The van der Waals surface area contributed by atoms with Crippen molar-refractivity contribution < 1.29 is 0 Å². The number of hydrogen-bond donors (Lipinski definition) is 0. The van der Waals surface area contributed by atoms with Gasteiger partial charge in [-0.25, -0.2) is 4.98 Å². The molecule has 0 aliphatic heterocycles. The van der Waals surface area contributed by atoms with Crippen LogP contribution in [-0.2, 0) is 0 Å². The molecule has 2 aromatic rings. The van der Waals surface area contributed by atoms with Crippen LogP contribution in [0.3, 0.4) is 0 Å². The Morgan fingerprint density at radius 2 is 2.27 bits per heavy atom. The molecule has 15 heavy (non-hydrogen) atoms. The summed E-state index contributed by atoms with van der Waals surface area (Å²) in [7, 11) is 1.94. The molecule has 0 saturated carbocycles. The van der Waals surface area contributed by atoms with Crippen LogP contribution in [0.2, 0.25) is 0 Å². The fraction of sp³-hybridized carbons (Fsp3) is 0.111. The van der Waals surface area contributed by atoms with Gasteiger partial charge in [0.15, 0.2) is 5.13 Å². The van der Waals surface area contributed by atoms with E-state index in [4.69, 9.17) is 5.26 Å². The number of anilines is 2. The van der Waals surface area contributed by atoms with Gasteiger partial charge in [0.05, 0.1) is 15.0 Å². The molecule has 2 rings (SSSR count). The number of halogens is 1. The quantitative estimate of drug-likeness (QED) is 0.850. The van der Waals surface area contributed by atoms with Crippen LogP contribution in [0, 0.1) is 11.3 Å². The number of nitrogens with zero attached hydrogens (tertiary/aromatic N) is 3. The van der Waals surface area contributed by atoms with E-state index in [1.807, 2.05) is 24.1 Å². The number of thiazole rings is 1. The summed E-state index contributed by atoms with van der Waals surface area (Å²) in [6, 6.07) is 6.09. The van der Waals surface area contributed by atoms with Gasteiger partial charge in [-0.1, -0.05) is 11.3 Å². The number of aromatic nitrogens is 1. The number of rotatable bonds is 2. The average Bonchev–Trinajstić information content (AvgIpc) is 2.84. The van der Waals surface area contributed by atoms with Crippen molar-refractivity contribution in [3.8, 4) is 6.07 Å². The Balaban J connectivity index is 2.28. The summed E-state index contributed by atoms with van der Waals surface area (Å²) in [4.78, 5) is 6.79. The summed E-state index contributed by atoms with van der Waals surface area (Å²) in [5.74, 6) is 0. The van der Waals surface area contributed by atoms with Crippen molar-refractivity contribution in [2.45, 2.75) is 0 Å². The molecule has 6 heteroatoms. The smallest absolute Gasteiger partial charge is 0.191 e. The van der Waals surface area contributed by atoms with E-state index in [0.29, 0.717) is 4.88 Å². The van der Waals surface area contributed by atoms with Gasteiger partial charge in [0.2, 0.25) is 0 Å². The molecule has 0 atom stereocenters. The first-order valence-corrected chi connectivity index (χ1v) is 6.48. The molecule has 0 radical (unpaired) electrons. The molecule has 0 aliphatic carbocycles. The van der Waals surface area contributed by atoms with Crippen LogP contribution in [0.15, 0.2) is 22.1 Å². The standard InChI is InChI=1S/C9H6BrN3S2/c1-13(8-3-2-7(10)15-8)9-12-5-6(4-11)14-9/h2-3,5H,1H3. The van der Waals surface area contributed by atoms with Crippen LogP contribution in [0.25, 0.3) is 0 Å². The summed E-state index contributed by atoms with van der Waals surface area (Å²) in [6.07, 6.45) is 1.60. The first kappa shape index (κ1) is 10.6. The normalized spacial score (nSPS) is 9.93. The van der Waals surface area contributed by atoms with E-state index < -0.39 is 0 Å². The lowest BCUT2D eigenvalue weighted by Crippen LogP contribution is -2.06. The zero-order chi connectivity index (χ0) is 10.8. The monoisotopic (exact) mass is 299 g/mol. The van der Waals surface area contributed by atoms with Gasteiger partial charge in [0.1, 0.15) is 10.9 Å². The van der Waals surface area contributed by atoms with Crippen LogP contribution < -0.4 is 4.90 Å². The molecule has 0 bridgehead atoms. The van der Waals surface area contributed by atoms with E-state index in [1.165, 1.54) is 11.3 Å². The zero-order valence-corrected chi connectivity index (χ0v) is 11.0. The predicted molar refractivity (Wildman–Crippen MR) is 66.9 cm³/mol. The summed E-state index contributed by atoms with van der Waals surface area (Å²) in [5.41, 5.74) is 0. The Labute approximate surface area is 104 Å². The molecule has 0 fully saturated rings.